The molecule has 0 radical (unpaired) electrons. The van der Waals surface area contributed by atoms with Gasteiger partial charge in [-0.25, -0.2) is 4.79 Å². The van der Waals surface area contributed by atoms with Crippen LogP contribution in [-0.4, -0.2) is 40.6 Å². The molecule has 1 saturated carbocycles. The Morgan fingerprint density at radius 2 is 1.56 bits per heavy atom. The number of hydrogen-bond donors (Lipinski definition) is 1. The van der Waals surface area contributed by atoms with Crippen LogP contribution in [0.2, 0.25) is 0 Å². The Hall–Kier alpha value is -2.82. The second-order valence-corrected chi connectivity index (χ2v) is 10.6. The highest BCUT2D eigenvalue weighted by atomic mass is 16.4. The normalized spacial score (nSPS) is 20.0. The van der Waals surface area contributed by atoms with E-state index in [1.807, 2.05) is 9.80 Å². The predicted molar refractivity (Wildman–Crippen MR) is 137 cm³/mol. The van der Waals surface area contributed by atoms with Gasteiger partial charge in [0.05, 0.1) is 0 Å². The Bertz CT molecular complexity index is 1010. The van der Waals surface area contributed by atoms with Gasteiger partial charge in [-0.1, -0.05) is 30.3 Å². The van der Waals surface area contributed by atoms with Gasteiger partial charge >= 0.3 is 12.0 Å². The number of urea groups is 1. The van der Waals surface area contributed by atoms with Crippen molar-refractivity contribution in [3.8, 4) is 11.1 Å². The van der Waals surface area contributed by atoms with Crippen LogP contribution >= 0.6 is 0 Å². The topological polar surface area (TPSA) is 60.9 Å². The molecule has 2 aromatic rings. The monoisotopic (exact) mass is 462 g/mol. The zero-order valence-corrected chi connectivity index (χ0v) is 21.0. The van der Waals surface area contributed by atoms with Crippen LogP contribution in [0.1, 0.15) is 76.8 Å². The molecule has 0 bridgehead atoms. The molecule has 2 amide bonds. The van der Waals surface area contributed by atoms with E-state index in [1.54, 1.807) is 0 Å². The maximum atomic E-state index is 13.2. The fourth-order valence-electron chi connectivity index (χ4n) is 5.85. The smallest absolute Gasteiger partial charge is 0.324 e. The summed E-state index contributed by atoms with van der Waals surface area (Å²) in [6.45, 7) is 9.02. The molecular formula is C29H38N2O3. The first-order valence-electron chi connectivity index (χ1n) is 12.8. The van der Waals surface area contributed by atoms with Gasteiger partial charge in [-0.15, -0.1) is 0 Å². The molecular weight excluding hydrogens is 424 g/mol. The fraction of sp³-hybridized carbons (Fsp3) is 0.517. The molecule has 5 nitrogen and oxygen atoms in total. The molecule has 182 valence electrons. The van der Waals surface area contributed by atoms with E-state index in [2.05, 4.69) is 70.2 Å². The van der Waals surface area contributed by atoms with Gasteiger partial charge in [0, 0.05) is 30.7 Å². The number of carboxylic acids is 1. The van der Waals surface area contributed by atoms with Gasteiger partial charge in [0.1, 0.15) is 0 Å². The van der Waals surface area contributed by atoms with Crippen molar-refractivity contribution in [2.24, 2.45) is 5.92 Å². The molecule has 34 heavy (non-hydrogen) atoms. The molecule has 0 aromatic heterocycles. The maximum Gasteiger partial charge on any atom is 0.324 e. The molecule has 2 aromatic carbocycles. The molecule has 1 N–H and O–H groups in total. The molecule has 1 aliphatic carbocycles. The van der Waals surface area contributed by atoms with Crippen molar-refractivity contribution in [3.05, 3.63) is 53.6 Å². The molecule has 0 spiro atoms. The third kappa shape index (κ3) is 5.13. The third-order valence-corrected chi connectivity index (χ3v) is 7.56. The number of fused-ring (bicyclic) bond motifs is 1. The Labute approximate surface area is 203 Å². The molecule has 0 atom stereocenters. The first kappa shape index (κ1) is 24.3. The lowest BCUT2D eigenvalue weighted by Gasteiger charge is -2.34. The Balaban J connectivity index is 1.44. The average Bonchev–Trinajstić information content (AvgIpc) is 3.22. The lowest BCUT2D eigenvalue weighted by Crippen LogP contribution is -2.49. The lowest BCUT2D eigenvalue weighted by molar-refractivity contribution is -0.138. The minimum absolute atomic E-state index is 0.0962. The summed E-state index contributed by atoms with van der Waals surface area (Å²) in [5, 5.41) is 9.03. The van der Waals surface area contributed by atoms with Crippen LogP contribution in [0.25, 0.3) is 11.1 Å². The van der Waals surface area contributed by atoms with Crippen molar-refractivity contribution in [2.75, 3.05) is 11.4 Å². The van der Waals surface area contributed by atoms with E-state index in [1.165, 1.54) is 22.3 Å². The largest absolute Gasteiger partial charge is 0.481 e. The third-order valence-electron chi connectivity index (χ3n) is 7.56. The molecule has 1 heterocycles. The minimum Gasteiger partial charge on any atom is -0.481 e. The summed E-state index contributed by atoms with van der Waals surface area (Å²) in [4.78, 5) is 28.1. The van der Waals surface area contributed by atoms with E-state index in [4.69, 9.17) is 5.11 Å². The number of anilines is 1. The van der Waals surface area contributed by atoms with Crippen LogP contribution in [0.15, 0.2) is 42.5 Å². The molecule has 1 aliphatic heterocycles. The first-order chi connectivity index (χ1) is 16.2. The van der Waals surface area contributed by atoms with E-state index < -0.39 is 5.97 Å². The zero-order valence-electron chi connectivity index (χ0n) is 21.0. The molecule has 0 saturated heterocycles. The van der Waals surface area contributed by atoms with Crippen LogP contribution < -0.4 is 4.90 Å². The average molecular weight is 463 g/mol. The first-order valence-corrected chi connectivity index (χ1v) is 12.8. The fourth-order valence-corrected chi connectivity index (χ4v) is 5.85. The highest BCUT2D eigenvalue weighted by Gasteiger charge is 2.31. The maximum absolute atomic E-state index is 13.2. The lowest BCUT2D eigenvalue weighted by atomic mass is 9.77. The number of amides is 2. The SMILES string of the molecule is CC(C)N(C(=O)N1CCc2cc(-c3ccc([C@H]4CC[C@H](CC(=O)O)CC4)cc3)ccc21)C(C)C. The summed E-state index contributed by atoms with van der Waals surface area (Å²) >= 11 is 0. The number of benzene rings is 2. The van der Waals surface area contributed by atoms with E-state index in [-0.39, 0.29) is 18.1 Å². The van der Waals surface area contributed by atoms with Gasteiger partial charge < -0.3 is 10.0 Å². The van der Waals surface area contributed by atoms with Crippen LogP contribution in [0, 0.1) is 5.92 Å². The van der Waals surface area contributed by atoms with Crippen molar-refractivity contribution in [1.29, 1.82) is 0 Å². The molecule has 1 fully saturated rings. The highest BCUT2D eigenvalue weighted by Crippen LogP contribution is 2.38. The Morgan fingerprint density at radius 1 is 0.941 bits per heavy atom. The van der Waals surface area contributed by atoms with Gasteiger partial charge in [0.15, 0.2) is 0 Å². The van der Waals surface area contributed by atoms with Gasteiger partial charge in [0.2, 0.25) is 0 Å². The van der Waals surface area contributed by atoms with Gasteiger partial charge in [-0.2, -0.15) is 0 Å². The number of carbonyl (C=O) groups is 2. The predicted octanol–water partition coefficient (Wildman–Crippen LogP) is 6.70. The Morgan fingerprint density at radius 3 is 2.15 bits per heavy atom. The van der Waals surface area contributed by atoms with Crippen LogP contribution in [0.4, 0.5) is 10.5 Å². The van der Waals surface area contributed by atoms with Crippen molar-refractivity contribution >= 4 is 17.7 Å². The van der Waals surface area contributed by atoms with E-state index in [9.17, 15) is 9.59 Å². The van der Waals surface area contributed by atoms with E-state index in [0.29, 0.717) is 18.3 Å². The quantitative estimate of drug-likeness (QED) is 0.519. The van der Waals surface area contributed by atoms with E-state index >= 15 is 0 Å². The van der Waals surface area contributed by atoms with Gasteiger partial charge in [-0.3, -0.25) is 9.69 Å². The summed E-state index contributed by atoms with van der Waals surface area (Å²) in [6.07, 6.45) is 5.34. The summed E-state index contributed by atoms with van der Waals surface area (Å²) < 4.78 is 0. The number of carbonyl (C=O) groups excluding carboxylic acids is 1. The molecule has 2 aliphatic rings. The van der Waals surface area contributed by atoms with Crippen molar-refractivity contribution in [1.82, 2.24) is 4.90 Å². The zero-order chi connectivity index (χ0) is 24.4. The second kappa shape index (κ2) is 10.2. The van der Waals surface area contributed by atoms with E-state index in [0.717, 1.165) is 44.3 Å². The number of carboxylic acid groups (broad SMARTS) is 1. The van der Waals surface area contributed by atoms with Crippen LogP contribution in [-0.2, 0) is 11.2 Å². The summed E-state index contributed by atoms with van der Waals surface area (Å²) in [7, 11) is 0. The van der Waals surface area contributed by atoms with Crippen molar-refractivity contribution in [3.63, 3.8) is 0 Å². The standard InChI is InChI=1S/C29H38N2O3/c1-19(2)31(20(3)4)29(34)30-16-15-26-18-25(13-14-27(26)30)24-11-9-23(10-12-24)22-7-5-21(6-8-22)17-28(32)33/h9-14,18-22H,5-8,15-17H2,1-4H3,(H,32,33)/t21-,22-. The number of hydrogen-bond acceptors (Lipinski definition) is 2. The molecule has 0 unspecified atom stereocenters. The number of rotatable bonds is 6. The minimum atomic E-state index is -0.674. The van der Waals surface area contributed by atoms with Gasteiger partial charge in [-0.05, 0) is 106 Å². The molecule has 5 heteroatoms. The second-order valence-electron chi connectivity index (χ2n) is 10.6. The number of nitrogens with zero attached hydrogens (tertiary/aromatic N) is 2. The summed E-state index contributed by atoms with van der Waals surface area (Å²) in [6, 6.07) is 15.8. The van der Waals surface area contributed by atoms with Crippen LogP contribution in [0.3, 0.4) is 0 Å². The Kier molecular flexibility index (Phi) is 7.30. The molecule has 4 rings (SSSR count). The summed E-state index contributed by atoms with van der Waals surface area (Å²) in [5.41, 5.74) is 6.02. The van der Waals surface area contributed by atoms with Crippen molar-refractivity contribution < 1.29 is 14.7 Å². The highest BCUT2D eigenvalue weighted by molar-refractivity contribution is 5.95. The van der Waals surface area contributed by atoms with Gasteiger partial charge in [0.25, 0.3) is 0 Å². The number of aliphatic carboxylic acids is 1. The summed E-state index contributed by atoms with van der Waals surface area (Å²) in [5.74, 6) is 0.189. The van der Waals surface area contributed by atoms with Crippen LogP contribution in [0.5, 0.6) is 0 Å². The van der Waals surface area contributed by atoms with Crippen molar-refractivity contribution in [2.45, 2.75) is 84.2 Å².